The fourth-order valence-corrected chi connectivity index (χ4v) is 3.87. The summed E-state index contributed by atoms with van der Waals surface area (Å²) in [4.78, 5) is 25.3. The van der Waals surface area contributed by atoms with Crippen molar-refractivity contribution in [3.05, 3.63) is 63.7 Å². The summed E-state index contributed by atoms with van der Waals surface area (Å²) in [5.41, 5.74) is 1.08. The quantitative estimate of drug-likeness (QED) is 0.476. The predicted molar refractivity (Wildman–Crippen MR) is 118 cm³/mol. The number of fused-ring (bicyclic) bond motifs is 1. The summed E-state index contributed by atoms with van der Waals surface area (Å²) in [7, 11) is 3.48. The molecule has 10 heteroatoms. The Hall–Kier alpha value is -3.82. The summed E-state index contributed by atoms with van der Waals surface area (Å²) < 4.78 is 16.6. The Bertz CT molecular complexity index is 1190. The number of hydrogen-bond acceptors (Lipinski definition) is 6. The maximum absolute atomic E-state index is 14.7. The molecule has 0 atom stereocenters. The van der Waals surface area contributed by atoms with Crippen molar-refractivity contribution in [2.24, 2.45) is 0 Å². The Morgan fingerprint density at radius 1 is 1.16 bits per heavy atom. The van der Waals surface area contributed by atoms with Crippen LogP contribution in [-0.2, 0) is 13.0 Å². The molecule has 32 heavy (non-hydrogen) atoms. The Kier molecular flexibility index (Phi) is 5.85. The summed E-state index contributed by atoms with van der Waals surface area (Å²) in [5.74, 6) is 0.264. The van der Waals surface area contributed by atoms with Gasteiger partial charge >= 0.3 is 0 Å². The van der Waals surface area contributed by atoms with Gasteiger partial charge in [0.2, 0.25) is 0 Å². The van der Waals surface area contributed by atoms with E-state index in [0.717, 1.165) is 31.5 Å². The average molecular weight is 438 g/mol. The summed E-state index contributed by atoms with van der Waals surface area (Å²) in [6.07, 6.45) is 3.87. The fourth-order valence-electron chi connectivity index (χ4n) is 3.87. The Morgan fingerprint density at radius 3 is 2.72 bits per heavy atom. The van der Waals surface area contributed by atoms with E-state index >= 15 is 0 Å². The van der Waals surface area contributed by atoms with Gasteiger partial charge in [-0.25, -0.2) is 4.39 Å². The van der Waals surface area contributed by atoms with E-state index in [1.165, 1.54) is 36.4 Å². The highest BCUT2D eigenvalue weighted by atomic mass is 19.1. The van der Waals surface area contributed by atoms with Gasteiger partial charge in [0.1, 0.15) is 11.6 Å². The van der Waals surface area contributed by atoms with Gasteiger partial charge in [-0.3, -0.25) is 14.9 Å². The van der Waals surface area contributed by atoms with Gasteiger partial charge in [-0.2, -0.15) is 0 Å². The molecule has 0 bridgehead atoms. The molecule has 166 valence electrons. The van der Waals surface area contributed by atoms with Gasteiger partial charge in [0.25, 0.3) is 11.6 Å². The standard InChI is InChI=1S/C22H23FN6O3/c1-27(2)19-10-8-15(29(31)32)13-17(19)22(30)24-14-7-9-18(23)16(12-14)21-26-25-20-6-4-3-5-11-28(20)21/h7-10,12-13H,3-6,11H2,1-2H3,(H,24,30). The number of rotatable bonds is 5. The van der Waals surface area contributed by atoms with Crippen LogP contribution in [0.15, 0.2) is 36.4 Å². The largest absolute Gasteiger partial charge is 0.377 e. The second-order valence-corrected chi connectivity index (χ2v) is 7.90. The highest BCUT2D eigenvalue weighted by Crippen LogP contribution is 2.29. The van der Waals surface area contributed by atoms with E-state index in [4.69, 9.17) is 0 Å². The molecule has 0 radical (unpaired) electrons. The SMILES string of the molecule is CN(C)c1ccc([N+](=O)[O-])cc1C(=O)Nc1ccc(F)c(-c2nnc3n2CCCCC3)c1. The van der Waals surface area contributed by atoms with Crippen LogP contribution in [0.3, 0.4) is 0 Å². The topological polar surface area (TPSA) is 106 Å². The van der Waals surface area contributed by atoms with Crippen LogP contribution >= 0.6 is 0 Å². The maximum atomic E-state index is 14.7. The monoisotopic (exact) mass is 438 g/mol. The number of halogens is 1. The zero-order valence-corrected chi connectivity index (χ0v) is 17.8. The van der Waals surface area contributed by atoms with Crippen LogP contribution < -0.4 is 10.2 Å². The first-order valence-electron chi connectivity index (χ1n) is 10.3. The minimum absolute atomic E-state index is 0.145. The normalized spacial score (nSPS) is 13.2. The van der Waals surface area contributed by atoms with E-state index in [1.807, 2.05) is 4.57 Å². The van der Waals surface area contributed by atoms with Crippen molar-refractivity contribution < 1.29 is 14.1 Å². The molecule has 1 N–H and O–H groups in total. The third kappa shape index (κ3) is 4.16. The lowest BCUT2D eigenvalue weighted by atomic mass is 10.1. The van der Waals surface area contributed by atoms with Gasteiger partial charge in [0, 0.05) is 50.6 Å². The van der Waals surface area contributed by atoms with Crippen LogP contribution in [0.4, 0.5) is 21.5 Å². The number of carbonyl (C=O) groups is 1. The number of benzene rings is 2. The molecule has 0 unspecified atom stereocenters. The van der Waals surface area contributed by atoms with Crippen LogP contribution in [0, 0.1) is 15.9 Å². The van der Waals surface area contributed by atoms with Crippen molar-refractivity contribution in [1.29, 1.82) is 0 Å². The number of nitrogens with zero attached hydrogens (tertiary/aromatic N) is 5. The van der Waals surface area contributed by atoms with Crippen LogP contribution in [0.25, 0.3) is 11.4 Å². The number of anilines is 2. The lowest BCUT2D eigenvalue weighted by Gasteiger charge is -2.17. The fraction of sp³-hybridized carbons (Fsp3) is 0.318. The van der Waals surface area contributed by atoms with Gasteiger partial charge in [-0.1, -0.05) is 6.42 Å². The van der Waals surface area contributed by atoms with Crippen LogP contribution in [0.2, 0.25) is 0 Å². The number of nitrogens with one attached hydrogen (secondary N) is 1. The number of nitro groups is 1. The second kappa shape index (κ2) is 8.74. The Balaban J connectivity index is 1.67. The molecule has 2 aromatic carbocycles. The van der Waals surface area contributed by atoms with Crippen molar-refractivity contribution in [3.63, 3.8) is 0 Å². The predicted octanol–water partition coefficient (Wildman–Crippen LogP) is 4.04. The van der Waals surface area contributed by atoms with E-state index in [-0.39, 0.29) is 16.8 Å². The first-order chi connectivity index (χ1) is 15.3. The van der Waals surface area contributed by atoms with Gasteiger partial charge in [0.05, 0.1) is 16.1 Å². The van der Waals surface area contributed by atoms with Gasteiger partial charge in [-0.15, -0.1) is 10.2 Å². The van der Waals surface area contributed by atoms with Crippen LogP contribution in [0.1, 0.15) is 35.4 Å². The highest BCUT2D eigenvalue weighted by molar-refractivity contribution is 6.08. The summed E-state index contributed by atoms with van der Waals surface area (Å²) in [5, 5.41) is 22.3. The third-order valence-corrected chi connectivity index (χ3v) is 5.49. The number of hydrogen-bond donors (Lipinski definition) is 1. The molecule has 3 aromatic rings. The maximum Gasteiger partial charge on any atom is 0.270 e. The van der Waals surface area contributed by atoms with Crippen molar-refractivity contribution in [2.75, 3.05) is 24.3 Å². The summed E-state index contributed by atoms with van der Waals surface area (Å²) in [6, 6.07) is 8.33. The molecular formula is C22H23FN6O3. The molecule has 1 amide bonds. The first-order valence-corrected chi connectivity index (χ1v) is 10.3. The van der Waals surface area contributed by atoms with E-state index < -0.39 is 16.6 Å². The lowest BCUT2D eigenvalue weighted by molar-refractivity contribution is -0.384. The molecule has 1 aromatic heterocycles. The first kappa shape index (κ1) is 21.4. The van der Waals surface area contributed by atoms with Crippen molar-refractivity contribution in [3.8, 4) is 11.4 Å². The van der Waals surface area contributed by atoms with Crippen molar-refractivity contribution >= 4 is 23.0 Å². The molecule has 4 rings (SSSR count). The average Bonchev–Trinajstić information content (AvgIpc) is 3.02. The zero-order chi connectivity index (χ0) is 22.8. The van der Waals surface area contributed by atoms with Crippen LogP contribution in [-0.4, -0.2) is 39.7 Å². The molecule has 0 fully saturated rings. The Labute approximate surface area is 184 Å². The highest BCUT2D eigenvalue weighted by Gasteiger charge is 2.21. The molecule has 1 aliphatic rings. The smallest absolute Gasteiger partial charge is 0.270 e. The van der Waals surface area contributed by atoms with Gasteiger partial charge in [0.15, 0.2) is 5.82 Å². The third-order valence-electron chi connectivity index (χ3n) is 5.49. The number of aryl methyl sites for hydroxylation is 1. The van der Waals surface area contributed by atoms with E-state index in [0.29, 0.717) is 23.7 Å². The minimum atomic E-state index is -0.552. The van der Waals surface area contributed by atoms with E-state index in [9.17, 15) is 19.3 Å². The van der Waals surface area contributed by atoms with Gasteiger partial charge in [-0.05, 0) is 37.1 Å². The zero-order valence-electron chi connectivity index (χ0n) is 17.8. The van der Waals surface area contributed by atoms with Crippen LogP contribution in [0.5, 0.6) is 0 Å². The molecule has 9 nitrogen and oxygen atoms in total. The molecule has 0 spiro atoms. The molecule has 0 aliphatic carbocycles. The van der Waals surface area contributed by atoms with E-state index in [2.05, 4.69) is 15.5 Å². The lowest BCUT2D eigenvalue weighted by Crippen LogP contribution is -2.19. The van der Waals surface area contributed by atoms with E-state index in [1.54, 1.807) is 19.0 Å². The van der Waals surface area contributed by atoms with Gasteiger partial charge < -0.3 is 14.8 Å². The van der Waals surface area contributed by atoms with Crippen molar-refractivity contribution in [2.45, 2.75) is 32.2 Å². The Morgan fingerprint density at radius 2 is 1.97 bits per heavy atom. The number of non-ortho nitro benzene ring substituents is 1. The molecule has 1 aliphatic heterocycles. The molecule has 2 heterocycles. The summed E-state index contributed by atoms with van der Waals surface area (Å²) >= 11 is 0. The number of amides is 1. The minimum Gasteiger partial charge on any atom is -0.377 e. The number of aromatic nitrogens is 3. The molecule has 0 saturated carbocycles. The number of carbonyl (C=O) groups excluding carboxylic acids is 1. The number of nitro benzene ring substituents is 1. The summed E-state index contributed by atoms with van der Waals surface area (Å²) in [6.45, 7) is 0.716. The second-order valence-electron chi connectivity index (χ2n) is 7.90. The van der Waals surface area contributed by atoms with Crippen molar-refractivity contribution in [1.82, 2.24) is 14.8 Å². The molecule has 0 saturated heterocycles. The molecular weight excluding hydrogens is 415 g/mol.